The highest BCUT2D eigenvalue weighted by Gasteiger charge is 2.42. The van der Waals surface area contributed by atoms with E-state index in [-0.39, 0.29) is 83.0 Å². The van der Waals surface area contributed by atoms with E-state index in [1.807, 2.05) is 20.1 Å². The van der Waals surface area contributed by atoms with Gasteiger partial charge in [-0.1, -0.05) is 74.5 Å². The van der Waals surface area contributed by atoms with E-state index in [9.17, 15) is 62.3 Å². The molecular formula is C63H98N18O13S. The number of aliphatic imine (C=N–C) groups is 1. The van der Waals surface area contributed by atoms with Crippen molar-refractivity contribution in [2.24, 2.45) is 51.0 Å². The smallest absolute Gasteiger partial charge is 0.245 e. The molecule has 0 bridgehead atoms. The number of guanidine groups is 1. The van der Waals surface area contributed by atoms with Crippen LogP contribution >= 0.6 is 11.8 Å². The number of thioether (sulfide) groups is 1. The Morgan fingerprint density at radius 3 is 1.51 bits per heavy atom. The molecule has 13 amide bonds. The van der Waals surface area contributed by atoms with E-state index in [1.165, 1.54) is 21.6 Å². The Hall–Kier alpha value is -8.91. The topological polar surface area (TPSA) is 519 Å². The summed E-state index contributed by atoms with van der Waals surface area (Å²) in [5, 5.41) is 21.1. The van der Waals surface area contributed by atoms with E-state index in [4.69, 9.17) is 40.1 Å². The summed E-state index contributed by atoms with van der Waals surface area (Å²) in [5.74, 6) is -9.80. The van der Waals surface area contributed by atoms with Crippen molar-refractivity contribution in [3.05, 3.63) is 71.8 Å². The standard InChI is InChI=1S/C63H98N18O13S/c1-37(2)33-45(57(89)74-41(53(68)85)27-32-95-3)73-52(84)36-72-54(86)46(34-38-15-6-4-7-16-38)78-58(90)47(35-39-17-8-5-9-18-39)79-56(88)42(23-25-50(66)82)75-55(87)43(24-26-51(67)83)76-59(91)49-22-14-31-81(49)62(94)44(20-10-11-28-64)77-60(92)48-21-13-30-80(48)61(93)40(65)19-12-29-71-63(69)70/h4-9,15-18,37,40-49H,10-14,19-36,64-65H2,1-3H3,(H2,66,82)(H2,67,83)(H2,68,85)(H,72,86)(H,73,84)(H,74,89)(H,75,87)(H,76,91)(H,77,92)(H,78,90)(H,79,88)(H4,69,70,71)/t40-,41-,42+,43+,44+,45-,46-,47+,48+,49-/m0/s1. The van der Waals surface area contributed by atoms with Crippen LogP contribution in [-0.2, 0) is 75.2 Å². The van der Waals surface area contributed by atoms with Crippen molar-refractivity contribution in [2.75, 3.05) is 44.7 Å². The minimum Gasteiger partial charge on any atom is -0.370 e. The second kappa shape index (κ2) is 41.0. The average Bonchev–Trinajstić information content (AvgIpc) is 1.74. The van der Waals surface area contributed by atoms with Crippen molar-refractivity contribution in [3.63, 3.8) is 0 Å². The second-order valence-corrected chi connectivity index (χ2v) is 25.1. The fourth-order valence-corrected chi connectivity index (χ4v) is 11.5. The highest BCUT2D eigenvalue weighted by Crippen LogP contribution is 2.24. The molecule has 0 saturated carbocycles. The molecule has 0 unspecified atom stereocenters. The van der Waals surface area contributed by atoms with Gasteiger partial charge in [0.1, 0.15) is 54.4 Å². The minimum atomic E-state index is -1.64. The Kier molecular flexibility index (Phi) is 33.9. The van der Waals surface area contributed by atoms with Gasteiger partial charge in [0.25, 0.3) is 0 Å². The zero-order valence-corrected chi connectivity index (χ0v) is 55.3. The maximum atomic E-state index is 14.7. The molecular weight excluding hydrogens is 1250 g/mol. The summed E-state index contributed by atoms with van der Waals surface area (Å²) < 4.78 is 0. The largest absolute Gasteiger partial charge is 0.370 e. The third-order valence-corrected chi connectivity index (χ3v) is 16.7. The third-order valence-electron chi connectivity index (χ3n) is 16.0. The minimum absolute atomic E-state index is 0.0736. The number of nitrogens with two attached hydrogens (primary N) is 7. The van der Waals surface area contributed by atoms with Gasteiger partial charge < -0.3 is 92.5 Å². The highest BCUT2D eigenvalue weighted by atomic mass is 32.2. The number of unbranched alkanes of at least 4 members (excludes halogenated alkanes) is 1. The van der Waals surface area contributed by atoms with Gasteiger partial charge in [-0.3, -0.25) is 67.3 Å². The monoisotopic (exact) mass is 1350 g/mol. The van der Waals surface area contributed by atoms with Gasteiger partial charge in [0.05, 0.1) is 12.6 Å². The van der Waals surface area contributed by atoms with Crippen LogP contribution in [0.5, 0.6) is 0 Å². The van der Waals surface area contributed by atoms with Crippen LogP contribution in [0.15, 0.2) is 65.7 Å². The first-order chi connectivity index (χ1) is 45.2. The molecule has 2 fully saturated rings. The van der Waals surface area contributed by atoms with Crippen LogP contribution in [0.2, 0.25) is 0 Å². The van der Waals surface area contributed by atoms with Crippen LogP contribution < -0.4 is 82.7 Å². The van der Waals surface area contributed by atoms with Gasteiger partial charge in [0.15, 0.2) is 5.96 Å². The lowest BCUT2D eigenvalue weighted by Crippen LogP contribution is -2.60. The molecule has 0 aromatic heterocycles. The summed E-state index contributed by atoms with van der Waals surface area (Å²) in [6.07, 6.45) is 3.12. The van der Waals surface area contributed by atoms with Crippen molar-refractivity contribution in [1.29, 1.82) is 0 Å². The molecule has 2 aliphatic rings. The first-order valence-corrected chi connectivity index (χ1v) is 33.6. The molecule has 31 nitrogen and oxygen atoms in total. The Morgan fingerprint density at radius 1 is 0.537 bits per heavy atom. The number of hydrogen-bond donors (Lipinski definition) is 15. The van der Waals surface area contributed by atoms with E-state index < -0.39 is 169 Å². The number of rotatable bonds is 42. The number of nitrogens with one attached hydrogen (secondary N) is 8. The van der Waals surface area contributed by atoms with Gasteiger partial charge in [0.2, 0.25) is 76.8 Å². The number of benzene rings is 2. The summed E-state index contributed by atoms with van der Waals surface area (Å²) in [4.78, 5) is 185. The van der Waals surface area contributed by atoms with Crippen molar-refractivity contribution in [1.82, 2.24) is 52.3 Å². The van der Waals surface area contributed by atoms with E-state index >= 15 is 0 Å². The lowest BCUT2D eigenvalue weighted by atomic mass is 10.0. The molecule has 2 heterocycles. The molecule has 32 heteroatoms. The summed E-state index contributed by atoms with van der Waals surface area (Å²) in [6.45, 7) is 3.86. The Balaban J connectivity index is 1.56. The van der Waals surface area contributed by atoms with Gasteiger partial charge >= 0.3 is 0 Å². The first-order valence-electron chi connectivity index (χ1n) is 32.2. The molecule has 95 heavy (non-hydrogen) atoms. The first kappa shape index (κ1) is 78.5. The highest BCUT2D eigenvalue weighted by molar-refractivity contribution is 7.98. The van der Waals surface area contributed by atoms with Crippen LogP contribution in [0, 0.1) is 5.92 Å². The summed E-state index contributed by atoms with van der Waals surface area (Å²) in [7, 11) is 0. The third kappa shape index (κ3) is 27.5. The van der Waals surface area contributed by atoms with Gasteiger partial charge in [-0.05, 0) is 119 Å². The molecule has 0 aliphatic carbocycles. The number of carbonyl (C=O) groups is 13. The molecule has 10 atom stereocenters. The van der Waals surface area contributed by atoms with E-state index in [1.54, 1.807) is 60.7 Å². The molecule has 2 aromatic rings. The SMILES string of the molecule is CSCC[C@H](NC(=O)[C@H](CC(C)C)NC(=O)CNC(=O)[C@H](Cc1ccccc1)NC(=O)[C@@H](Cc1ccccc1)NC(=O)[C@@H](CCC(N)=O)NC(=O)[C@@H](CCC(N)=O)NC(=O)[C@@H]1CCCN1C(=O)[C@@H](CCCCN)NC(=O)[C@H]1CCCN1C(=O)[C@@H](N)CCCN=C(N)N)C(N)=O. The van der Waals surface area contributed by atoms with Crippen molar-refractivity contribution in [3.8, 4) is 0 Å². The number of likely N-dealkylation sites (tertiary alicyclic amines) is 2. The van der Waals surface area contributed by atoms with Crippen molar-refractivity contribution in [2.45, 2.75) is 183 Å². The molecule has 2 aromatic carbocycles. The van der Waals surface area contributed by atoms with E-state index in [2.05, 4.69) is 47.5 Å². The maximum Gasteiger partial charge on any atom is 0.245 e. The Labute approximate surface area is 558 Å². The van der Waals surface area contributed by atoms with E-state index in [0.29, 0.717) is 55.4 Å². The number of hydrogen-bond acceptors (Lipinski definition) is 17. The normalized spacial score (nSPS) is 16.8. The quantitative estimate of drug-likeness (QED) is 0.0173. The average molecular weight is 1350 g/mol. The van der Waals surface area contributed by atoms with Crippen molar-refractivity contribution >= 4 is 94.5 Å². The summed E-state index contributed by atoms with van der Waals surface area (Å²) >= 11 is 1.45. The molecule has 0 radical (unpaired) electrons. The number of amides is 13. The van der Waals surface area contributed by atoms with Crippen LogP contribution in [0.3, 0.4) is 0 Å². The fourth-order valence-electron chi connectivity index (χ4n) is 11.0. The van der Waals surface area contributed by atoms with Gasteiger partial charge in [-0.2, -0.15) is 11.8 Å². The van der Waals surface area contributed by atoms with E-state index in [0.717, 1.165) is 0 Å². The zero-order valence-electron chi connectivity index (χ0n) is 54.5. The molecule has 2 aliphatic heterocycles. The Morgan fingerprint density at radius 2 is 1.01 bits per heavy atom. The molecule has 0 spiro atoms. The Bertz CT molecular complexity index is 2960. The van der Waals surface area contributed by atoms with Gasteiger partial charge in [0, 0.05) is 45.3 Å². The lowest BCUT2D eigenvalue weighted by molar-refractivity contribution is -0.144. The molecule has 4 rings (SSSR count). The lowest BCUT2D eigenvalue weighted by Gasteiger charge is -2.32. The molecule has 524 valence electrons. The van der Waals surface area contributed by atoms with Crippen LogP contribution in [0.25, 0.3) is 0 Å². The van der Waals surface area contributed by atoms with Crippen LogP contribution in [0.4, 0.5) is 0 Å². The predicted octanol–water partition coefficient (Wildman–Crippen LogP) is -3.71. The zero-order chi connectivity index (χ0) is 70.1. The van der Waals surface area contributed by atoms with Crippen molar-refractivity contribution < 1.29 is 62.3 Å². The number of nitrogens with zero attached hydrogens (tertiary/aromatic N) is 3. The maximum absolute atomic E-state index is 14.7. The molecule has 22 N–H and O–H groups in total. The summed E-state index contributed by atoms with van der Waals surface area (Å²) in [5.41, 5.74) is 40.6. The van der Waals surface area contributed by atoms with Crippen LogP contribution in [-0.4, -0.2) is 198 Å². The second-order valence-electron chi connectivity index (χ2n) is 24.1. The number of primary amides is 3. The van der Waals surface area contributed by atoms with Gasteiger partial charge in [-0.15, -0.1) is 0 Å². The number of carbonyl (C=O) groups excluding carboxylic acids is 13. The summed E-state index contributed by atoms with van der Waals surface area (Å²) in [6, 6.07) is 4.51. The van der Waals surface area contributed by atoms with Crippen LogP contribution in [0.1, 0.15) is 121 Å². The fraction of sp³-hybridized carbons (Fsp3) is 0.587. The molecule has 2 saturated heterocycles. The van der Waals surface area contributed by atoms with Gasteiger partial charge in [-0.25, -0.2) is 0 Å². The predicted molar refractivity (Wildman–Crippen MR) is 356 cm³/mol.